The Morgan fingerprint density at radius 1 is 1.31 bits per heavy atom. The normalized spacial score (nSPS) is 23.2. The number of aliphatic hydroxyl groups is 1. The summed E-state index contributed by atoms with van der Waals surface area (Å²) in [6.45, 7) is 6.25. The van der Waals surface area contributed by atoms with Gasteiger partial charge in [0.15, 0.2) is 0 Å². The second-order valence-electron chi connectivity index (χ2n) is 9.54. The second kappa shape index (κ2) is 9.71. The van der Waals surface area contributed by atoms with Crippen LogP contribution in [-0.4, -0.2) is 45.5 Å². The maximum Gasteiger partial charge on any atom is 0.243 e. The summed E-state index contributed by atoms with van der Waals surface area (Å²) in [5.41, 5.74) is 6.54. The maximum absolute atomic E-state index is 13.3. The number of likely N-dealkylation sites (tertiary alicyclic amines) is 1. The van der Waals surface area contributed by atoms with Gasteiger partial charge in [-0.05, 0) is 54.9 Å². The molecule has 0 radical (unpaired) electrons. The average Bonchev–Trinajstić information content (AvgIpc) is 3.29. The first kappa shape index (κ1) is 22.9. The molecule has 2 N–H and O–H groups in total. The zero-order valence-electron chi connectivity index (χ0n) is 19.1. The summed E-state index contributed by atoms with van der Waals surface area (Å²) in [5.74, 6) is 0.00971. The Labute approximate surface area is 194 Å². The Morgan fingerprint density at radius 3 is 2.84 bits per heavy atom. The van der Waals surface area contributed by atoms with Gasteiger partial charge in [-0.25, -0.2) is 4.98 Å². The number of aliphatic hydroxyl groups excluding tert-OH is 1. The molecule has 172 valence electrons. The molecule has 0 spiro atoms. The van der Waals surface area contributed by atoms with Crippen molar-refractivity contribution in [3.8, 4) is 10.4 Å². The van der Waals surface area contributed by atoms with Gasteiger partial charge in [0.1, 0.15) is 6.04 Å². The molecule has 7 heteroatoms. The number of benzene rings is 1. The molecule has 1 aromatic carbocycles. The van der Waals surface area contributed by atoms with E-state index in [0.29, 0.717) is 12.8 Å². The average molecular weight is 456 g/mol. The summed E-state index contributed by atoms with van der Waals surface area (Å²) in [6, 6.07) is 5.85. The van der Waals surface area contributed by atoms with E-state index in [1.807, 2.05) is 26.3 Å². The molecule has 6 nitrogen and oxygen atoms in total. The number of rotatable bonds is 5. The van der Waals surface area contributed by atoms with E-state index in [4.69, 9.17) is 0 Å². The molecule has 0 saturated carbocycles. The molecule has 1 aliphatic heterocycles. The fourth-order valence-corrected chi connectivity index (χ4v) is 5.73. The largest absolute Gasteiger partial charge is 0.391 e. The Hall–Kier alpha value is -2.25. The van der Waals surface area contributed by atoms with Gasteiger partial charge in [-0.15, -0.1) is 11.3 Å². The Kier molecular flexibility index (Phi) is 6.96. The van der Waals surface area contributed by atoms with E-state index in [0.717, 1.165) is 31.4 Å². The number of β-amino-alcohol motifs (C(OH)–C–C–N with tert-alkyl or cyclic N) is 1. The minimum absolute atomic E-state index is 0.0532. The van der Waals surface area contributed by atoms with E-state index >= 15 is 0 Å². The Balaban J connectivity index is 1.53. The van der Waals surface area contributed by atoms with Crippen LogP contribution in [0.2, 0.25) is 0 Å². The van der Waals surface area contributed by atoms with Crippen molar-refractivity contribution in [2.75, 3.05) is 6.54 Å². The third kappa shape index (κ3) is 4.89. The minimum Gasteiger partial charge on any atom is -0.391 e. The third-order valence-electron chi connectivity index (χ3n) is 6.52. The van der Waals surface area contributed by atoms with Crippen LogP contribution in [-0.2, 0) is 16.0 Å². The molecule has 1 aromatic heterocycles. The summed E-state index contributed by atoms with van der Waals surface area (Å²) in [4.78, 5) is 33.1. The fourth-order valence-electron chi connectivity index (χ4n) is 4.92. The van der Waals surface area contributed by atoms with Gasteiger partial charge in [0.25, 0.3) is 0 Å². The molecule has 0 bridgehead atoms. The number of hydrogen-bond acceptors (Lipinski definition) is 5. The first-order valence-corrected chi connectivity index (χ1v) is 12.5. The van der Waals surface area contributed by atoms with Crippen LogP contribution in [0.4, 0.5) is 0 Å². The van der Waals surface area contributed by atoms with Gasteiger partial charge in [-0.2, -0.15) is 0 Å². The quantitative estimate of drug-likeness (QED) is 0.668. The molecule has 4 rings (SSSR count). The standard InChI is InChI=1S/C25H33N3O3S/c1-15(2)10-23(30)28-13-19(29)12-22(28)25(31)27-21-7-5-4-6-17-11-18(8-9-20(17)21)24-16(3)26-14-32-24/h8-9,11,14-15,19,21-22,29H,4-7,10,12-13H2,1-3H3,(H,27,31)/t19-,21-,22+/m1/s1. The van der Waals surface area contributed by atoms with Gasteiger partial charge in [-0.3, -0.25) is 9.59 Å². The van der Waals surface area contributed by atoms with E-state index in [1.54, 1.807) is 16.2 Å². The van der Waals surface area contributed by atoms with Gasteiger partial charge >= 0.3 is 0 Å². The SMILES string of the molecule is Cc1ncsc1-c1ccc2c(c1)CCCC[C@H]2NC(=O)[C@@H]1C[C@@H](O)CN1C(=O)CC(C)C. The van der Waals surface area contributed by atoms with Crippen LogP contribution in [0.15, 0.2) is 23.7 Å². The summed E-state index contributed by atoms with van der Waals surface area (Å²) in [7, 11) is 0. The fraction of sp³-hybridized carbons (Fsp3) is 0.560. The van der Waals surface area contributed by atoms with Crippen LogP contribution in [0.1, 0.15) is 68.8 Å². The molecule has 2 aromatic rings. The number of aromatic nitrogens is 1. The van der Waals surface area contributed by atoms with Crippen LogP contribution >= 0.6 is 11.3 Å². The molecule has 32 heavy (non-hydrogen) atoms. The molecule has 1 saturated heterocycles. The van der Waals surface area contributed by atoms with Crippen molar-refractivity contribution in [2.45, 2.75) is 77.5 Å². The number of carbonyl (C=O) groups excluding carboxylic acids is 2. The number of aryl methyl sites for hydroxylation is 2. The van der Waals surface area contributed by atoms with Gasteiger partial charge < -0.3 is 15.3 Å². The lowest BCUT2D eigenvalue weighted by atomic mass is 9.95. The number of fused-ring (bicyclic) bond motifs is 1. The first-order valence-electron chi connectivity index (χ1n) is 11.6. The molecular formula is C25H33N3O3S. The molecule has 2 heterocycles. The lowest BCUT2D eigenvalue weighted by molar-refractivity contribution is -0.139. The van der Waals surface area contributed by atoms with Crippen molar-refractivity contribution >= 4 is 23.2 Å². The predicted octanol–water partition coefficient (Wildman–Crippen LogP) is 4.01. The number of nitrogens with zero attached hydrogens (tertiary/aromatic N) is 2. The van der Waals surface area contributed by atoms with Gasteiger partial charge in [0.05, 0.1) is 28.2 Å². The van der Waals surface area contributed by atoms with Crippen LogP contribution in [0.5, 0.6) is 0 Å². The Bertz CT molecular complexity index is 987. The number of carbonyl (C=O) groups is 2. The molecule has 1 fully saturated rings. The maximum atomic E-state index is 13.3. The van der Waals surface area contributed by atoms with Crippen LogP contribution in [0.25, 0.3) is 10.4 Å². The number of thiazole rings is 1. The number of amides is 2. The second-order valence-corrected chi connectivity index (χ2v) is 10.4. The molecule has 1 aliphatic carbocycles. The van der Waals surface area contributed by atoms with E-state index in [2.05, 4.69) is 28.5 Å². The van der Waals surface area contributed by atoms with Gasteiger partial charge in [-0.1, -0.05) is 32.4 Å². The summed E-state index contributed by atoms with van der Waals surface area (Å²) >= 11 is 1.65. The summed E-state index contributed by atoms with van der Waals surface area (Å²) in [6.07, 6.45) is 4.06. The molecule has 3 atom stereocenters. The van der Waals surface area contributed by atoms with Crippen molar-refractivity contribution in [3.63, 3.8) is 0 Å². The van der Waals surface area contributed by atoms with Gasteiger partial charge in [0.2, 0.25) is 11.8 Å². The Morgan fingerprint density at radius 2 is 2.12 bits per heavy atom. The van der Waals surface area contributed by atoms with E-state index < -0.39 is 12.1 Å². The zero-order chi connectivity index (χ0) is 22.8. The van der Waals surface area contributed by atoms with E-state index in [1.165, 1.54) is 21.6 Å². The van der Waals surface area contributed by atoms with E-state index in [-0.39, 0.29) is 30.3 Å². The highest BCUT2D eigenvalue weighted by Gasteiger charge is 2.39. The van der Waals surface area contributed by atoms with Crippen molar-refractivity contribution in [1.82, 2.24) is 15.2 Å². The summed E-state index contributed by atoms with van der Waals surface area (Å²) < 4.78 is 0. The smallest absolute Gasteiger partial charge is 0.243 e. The third-order valence-corrected chi connectivity index (χ3v) is 7.49. The molecule has 0 unspecified atom stereocenters. The lowest BCUT2D eigenvalue weighted by Crippen LogP contribution is -2.47. The number of hydrogen-bond donors (Lipinski definition) is 2. The lowest BCUT2D eigenvalue weighted by Gasteiger charge is -2.27. The van der Waals surface area contributed by atoms with Crippen LogP contribution in [0, 0.1) is 12.8 Å². The number of nitrogens with one attached hydrogen (secondary N) is 1. The highest BCUT2D eigenvalue weighted by atomic mass is 32.1. The van der Waals surface area contributed by atoms with Crippen molar-refractivity contribution in [1.29, 1.82) is 0 Å². The van der Waals surface area contributed by atoms with Crippen LogP contribution < -0.4 is 5.32 Å². The van der Waals surface area contributed by atoms with Crippen LogP contribution in [0.3, 0.4) is 0 Å². The first-order chi connectivity index (χ1) is 15.3. The van der Waals surface area contributed by atoms with E-state index in [9.17, 15) is 14.7 Å². The highest BCUT2D eigenvalue weighted by Crippen LogP contribution is 2.35. The monoisotopic (exact) mass is 455 g/mol. The summed E-state index contributed by atoms with van der Waals surface area (Å²) in [5, 5.41) is 13.4. The van der Waals surface area contributed by atoms with Crippen molar-refractivity contribution in [3.05, 3.63) is 40.5 Å². The molecule has 2 aliphatic rings. The minimum atomic E-state index is -0.645. The molecular weight excluding hydrogens is 422 g/mol. The molecule has 2 amide bonds. The zero-order valence-corrected chi connectivity index (χ0v) is 20.0. The van der Waals surface area contributed by atoms with Crippen molar-refractivity contribution in [2.24, 2.45) is 5.92 Å². The van der Waals surface area contributed by atoms with Gasteiger partial charge in [0, 0.05) is 19.4 Å². The highest BCUT2D eigenvalue weighted by molar-refractivity contribution is 7.13. The predicted molar refractivity (Wildman–Crippen MR) is 126 cm³/mol. The topological polar surface area (TPSA) is 82.5 Å². The van der Waals surface area contributed by atoms with Crippen molar-refractivity contribution < 1.29 is 14.7 Å².